The van der Waals surface area contributed by atoms with Gasteiger partial charge in [0.25, 0.3) is 0 Å². The van der Waals surface area contributed by atoms with Gasteiger partial charge in [-0.1, -0.05) is 42.5 Å². The fourth-order valence-corrected chi connectivity index (χ4v) is 2.79. The molecule has 0 aliphatic heterocycles. The number of hydrogen-bond acceptors (Lipinski definition) is 2. The topological polar surface area (TPSA) is 35.1 Å². The van der Waals surface area contributed by atoms with Crippen molar-refractivity contribution in [1.29, 1.82) is 0 Å². The van der Waals surface area contributed by atoms with Gasteiger partial charge in [-0.05, 0) is 31.5 Å². The van der Waals surface area contributed by atoms with E-state index >= 15 is 0 Å². The number of esters is 1. The molecule has 0 radical (unpaired) electrons. The first-order chi connectivity index (χ1) is 11.2. The van der Waals surface area contributed by atoms with Gasteiger partial charge in [0.15, 0.2) is 17.1 Å². The van der Waals surface area contributed by atoms with E-state index < -0.39 is 0 Å². The lowest BCUT2D eigenvalue weighted by atomic mass is 10.2. The molecule has 0 amide bonds. The van der Waals surface area contributed by atoms with E-state index in [1.165, 1.54) is 5.56 Å². The molecule has 0 aliphatic rings. The van der Waals surface area contributed by atoms with Crippen molar-refractivity contribution in [2.75, 3.05) is 6.61 Å². The van der Waals surface area contributed by atoms with Crippen molar-refractivity contribution in [2.45, 2.75) is 26.4 Å². The molecule has 4 heteroatoms. The molecule has 4 nitrogen and oxygen atoms in total. The van der Waals surface area contributed by atoms with Gasteiger partial charge in [0.2, 0.25) is 6.33 Å². The van der Waals surface area contributed by atoms with Gasteiger partial charge in [-0.15, -0.1) is 0 Å². The van der Waals surface area contributed by atoms with Crippen LogP contribution >= 0.6 is 0 Å². The highest BCUT2D eigenvalue weighted by molar-refractivity contribution is 5.78. The SMILES string of the molecule is CCOC(=O)C(C)n1c[n+](Cc2ccccc2)c2ccccc21. The van der Waals surface area contributed by atoms with E-state index in [1.54, 1.807) is 0 Å². The monoisotopic (exact) mass is 309 g/mol. The van der Waals surface area contributed by atoms with Gasteiger partial charge < -0.3 is 4.74 Å². The smallest absolute Gasteiger partial charge is 0.351 e. The maximum atomic E-state index is 12.1. The van der Waals surface area contributed by atoms with Crippen LogP contribution in [-0.4, -0.2) is 17.1 Å². The highest BCUT2D eigenvalue weighted by Crippen LogP contribution is 2.18. The summed E-state index contributed by atoms with van der Waals surface area (Å²) in [6.45, 7) is 4.86. The molecule has 0 saturated carbocycles. The molecule has 0 fully saturated rings. The van der Waals surface area contributed by atoms with Gasteiger partial charge in [0.1, 0.15) is 6.54 Å². The standard InChI is InChI=1S/C19H21N2O2/c1-3-23-19(22)15(2)21-14-20(13-16-9-5-4-6-10-16)17-11-7-8-12-18(17)21/h4-12,14-15H,3,13H2,1-2H3/q+1. The maximum Gasteiger partial charge on any atom is 0.351 e. The molecule has 1 heterocycles. The molecule has 0 saturated heterocycles. The molecule has 23 heavy (non-hydrogen) atoms. The van der Waals surface area contributed by atoms with Crippen molar-refractivity contribution in [3.8, 4) is 0 Å². The van der Waals surface area contributed by atoms with E-state index in [1.807, 2.05) is 61.1 Å². The largest absolute Gasteiger partial charge is 0.463 e. The molecule has 2 aromatic carbocycles. The number of benzene rings is 2. The van der Waals surface area contributed by atoms with Crippen molar-refractivity contribution in [3.63, 3.8) is 0 Å². The third-order valence-corrected chi connectivity index (χ3v) is 3.97. The molecule has 3 rings (SSSR count). The predicted octanol–water partition coefficient (Wildman–Crippen LogP) is 3.10. The lowest BCUT2D eigenvalue weighted by Gasteiger charge is -2.07. The first-order valence-electron chi connectivity index (χ1n) is 7.90. The van der Waals surface area contributed by atoms with E-state index in [0.717, 1.165) is 17.6 Å². The van der Waals surface area contributed by atoms with Crippen molar-refractivity contribution in [3.05, 3.63) is 66.5 Å². The van der Waals surface area contributed by atoms with Crippen LogP contribution in [-0.2, 0) is 16.1 Å². The van der Waals surface area contributed by atoms with Crippen LogP contribution in [0.1, 0.15) is 25.5 Å². The van der Waals surface area contributed by atoms with E-state index in [9.17, 15) is 4.79 Å². The Morgan fingerprint density at radius 1 is 1.13 bits per heavy atom. The summed E-state index contributed by atoms with van der Waals surface area (Å²) in [5, 5.41) is 0. The van der Waals surface area contributed by atoms with Crippen LogP contribution in [0.2, 0.25) is 0 Å². The summed E-state index contributed by atoms with van der Waals surface area (Å²) in [5.41, 5.74) is 3.36. The predicted molar refractivity (Wildman–Crippen MR) is 89.0 cm³/mol. The average molecular weight is 309 g/mol. The second-order valence-electron chi connectivity index (χ2n) is 5.55. The third kappa shape index (κ3) is 3.11. The molecule has 3 aromatic rings. The lowest BCUT2D eigenvalue weighted by Crippen LogP contribution is -2.33. The fraction of sp³-hybridized carbons (Fsp3) is 0.263. The van der Waals surface area contributed by atoms with Gasteiger partial charge in [-0.25, -0.2) is 13.9 Å². The summed E-state index contributed by atoms with van der Waals surface area (Å²) < 4.78 is 9.31. The minimum atomic E-state index is -0.350. The summed E-state index contributed by atoms with van der Waals surface area (Å²) in [4.78, 5) is 12.1. The van der Waals surface area contributed by atoms with Crippen LogP contribution < -0.4 is 4.57 Å². The Labute approximate surface area is 135 Å². The number of carbonyl (C=O) groups is 1. The zero-order chi connectivity index (χ0) is 16.2. The number of nitrogens with zero attached hydrogens (tertiary/aromatic N) is 2. The molecule has 1 unspecified atom stereocenters. The number of carbonyl (C=O) groups excluding carboxylic acids is 1. The van der Waals surface area contributed by atoms with Gasteiger partial charge in [-0.2, -0.15) is 0 Å². The minimum Gasteiger partial charge on any atom is -0.463 e. The highest BCUT2D eigenvalue weighted by atomic mass is 16.5. The molecule has 0 aliphatic carbocycles. The summed E-state index contributed by atoms with van der Waals surface area (Å²) in [7, 11) is 0. The Kier molecular flexibility index (Phi) is 4.42. The Bertz CT molecular complexity index is 809. The van der Waals surface area contributed by atoms with Gasteiger partial charge >= 0.3 is 5.97 Å². The Balaban J connectivity index is 2.01. The van der Waals surface area contributed by atoms with Crippen molar-refractivity contribution < 1.29 is 14.1 Å². The summed E-state index contributed by atoms with van der Waals surface area (Å²) in [5.74, 6) is -0.208. The summed E-state index contributed by atoms with van der Waals surface area (Å²) >= 11 is 0. The number of fused-ring (bicyclic) bond motifs is 1. The second-order valence-corrected chi connectivity index (χ2v) is 5.55. The van der Waals surface area contributed by atoms with Crippen molar-refractivity contribution >= 4 is 17.0 Å². The maximum absolute atomic E-state index is 12.1. The number of rotatable bonds is 5. The first kappa shape index (κ1) is 15.3. The molecule has 0 bridgehead atoms. The Hall–Kier alpha value is -2.62. The molecule has 0 N–H and O–H groups in total. The molecule has 1 aromatic heterocycles. The first-order valence-corrected chi connectivity index (χ1v) is 7.90. The third-order valence-electron chi connectivity index (χ3n) is 3.97. The molecular weight excluding hydrogens is 288 g/mol. The van der Waals surface area contributed by atoms with E-state index in [0.29, 0.717) is 6.61 Å². The van der Waals surface area contributed by atoms with Crippen LogP contribution in [0.3, 0.4) is 0 Å². The molecule has 0 spiro atoms. The van der Waals surface area contributed by atoms with E-state index in [4.69, 9.17) is 4.74 Å². The van der Waals surface area contributed by atoms with Crippen molar-refractivity contribution in [2.24, 2.45) is 0 Å². The molecule has 1 atom stereocenters. The summed E-state index contributed by atoms with van der Waals surface area (Å²) in [6.07, 6.45) is 2.00. The quantitative estimate of drug-likeness (QED) is 0.536. The molecule has 118 valence electrons. The number of imidazole rings is 1. The minimum absolute atomic E-state index is 0.208. The zero-order valence-electron chi connectivity index (χ0n) is 13.5. The number of hydrogen-bond donors (Lipinski definition) is 0. The van der Waals surface area contributed by atoms with Crippen LogP contribution in [0, 0.1) is 0 Å². The van der Waals surface area contributed by atoms with Gasteiger partial charge in [0.05, 0.1) is 6.61 Å². The van der Waals surface area contributed by atoms with Crippen LogP contribution in [0.25, 0.3) is 11.0 Å². The number of aromatic nitrogens is 2. The zero-order valence-corrected chi connectivity index (χ0v) is 13.5. The summed E-state index contributed by atoms with van der Waals surface area (Å²) in [6, 6.07) is 18.1. The van der Waals surface area contributed by atoms with Gasteiger partial charge in [0, 0.05) is 0 Å². The fourth-order valence-electron chi connectivity index (χ4n) is 2.79. The van der Waals surface area contributed by atoms with E-state index in [2.05, 4.69) is 22.8 Å². The Morgan fingerprint density at radius 3 is 2.57 bits per heavy atom. The highest BCUT2D eigenvalue weighted by Gasteiger charge is 2.26. The van der Waals surface area contributed by atoms with Gasteiger partial charge in [-0.3, -0.25) is 0 Å². The van der Waals surface area contributed by atoms with E-state index in [-0.39, 0.29) is 12.0 Å². The number of para-hydroxylation sites is 2. The number of ether oxygens (including phenoxy) is 1. The lowest BCUT2D eigenvalue weighted by molar-refractivity contribution is -0.663. The normalized spacial score (nSPS) is 12.3. The van der Waals surface area contributed by atoms with Crippen LogP contribution in [0.15, 0.2) is 60.9 Å². The average Bonchev–Trinajstić information content (AvgIpc) is 2.94. The van der Waals surface area contributed by atoms with Crippen molar-refractivity contribution in [1.82, 2.24) is 4.57 Å². The van der Waals surface area contributed by atoms with Crippen LogP contribution in [0.4, 0.5) is 0 Å². The second kappa shape index (κ2) is 6.65. The van der Waals surface area contributed by atoms with Crippen LogP contribution in [0.5, 0.6) is 0 Å². The molecular formula is C19H21N2O2+. The Morgan fingerprint density at radius 2 is 1.83 bits per heavy atom.